The zero-order valence-corrected chi connectivity index (χ0v) is 14.9. The first-order valence-corrected chi connectivity index (χ1v) is 9.97. The van der Waals surface area contributed by atoms with Crippen LogP contribution < -0.4 is 0 Å². The predicted molar refractivity (Wildman–Crippen MR) is 91.9 cm³/mol. The minimum atomic E-state index is -3.72. The van der Waals surface area contributed by atoms with Gasteiger partial charge in [-0.05, 0) is 42.8 Å². The van der Waals surface area contributed by atoms with Crippen molar-refractivity contribution >= 4 is 27.5 Å². The summed E-state index contributed by atoms with van der Waals surface area (Å²) in [5.41, 5.74) is -0.268. The number of hydrogen-bond acceptors (Lipinski definition) is 7. The van der Waals surface area contributed by atoms with Crippen molar-refractivity contribution in [3.8, 4) is 0 Å². The van der Waals surface area contributed by atoms with Crippen molar-refractivity contribution in [2.75, 3.05) is 13.1 Å². The monoisotopic (exact) mass is 380 g/mol. The first-order chi connectivity index (χ1) is 12.0. The Kier molecular flexibility index (Phi) is 5.30. The number of nitro benzene ring substituents is 1. The molecule has 132 valence electrons. The van der Waals surface area contributed by atoms with Crippen molar-refractivity contribution in [3.63, 3.8) is 0 Å². The zero-order valence-electron chi connectivity index (χ0n) is 13.2. The number of rotatable bonds is 5. The number of sulfonamides is 1. The Morgan fingerprint density at radius 1 is 1.12 bits per heavy atom. The third kappa shape index (κ3) is 3.97. The maximum absolute atomic E-state index is 12.7. The van der Waals surface area contributed by atoms with Gasteiger partial charge in [0.05, 0.1) is 14.7 Å². The van der Waals surface area contributed by atoms with E-state index < -0.39 is 14.9 Å². The van der Waals surface area contributed by atoms with Gasteiger partial charge in [0, 0.05) is 31.5 Å². The fourth-order valence-corrected chi connectivity index (χ4v) is 4.91. The van der Waals surface area contributed by atoms with E-state index in [1.807, 2.05) is 0 Å². The highest BCUT2D eigenvalue weighted by Crippen LogP contribution is 2.35. The summed E-state index contributed by atoms with van der Waals surface area (Å²) < 4.78 is 26.8. The van der Waals surface area contributed by atoms with E-state index in [0.29, 0.717) is 23.1 Å². The lowest BCUT2D eigenvalue weighted by Gasteiger charge is -2.25. The van der Waals surface area contributed by atoms with E-state index in [1.54, 1.807) is 6.07 Å². The Bertz CT molecular complexity index is 868. The second kappa shape index (κ2) is 7.46. The standard InChI is InChI=1S/C15H16N4O4S2/c20-19(21)13-11-12(25(22,23)18-9-2-1-3-10-18)5-6-14(13)24-15-16-7-4-8-17-15/h4-8,11H,1-3,9-10H2. The molecule has 2 aromatic rings. The van der Waals surface area contributed by atoms with Gasteiger partial charge in [0.2, 0.25) is 10.0 Å². The van der Waals surface area contributed by atoms with Crippen LogP contribution in [0.2, 0.25) is 0 Å². The van der Waals surface area contributed by atoms with Crippen molar-refractivity contribution in [1.82, 2.24) is 14.3 Å². The average Bonchev–Trinajstić information content (AvgIpc) is 2.63. The normalized spacial score (nSPS) is 15.8. The van der Waals surface area contributed by atoms with Gasteiger partial charge in [0.1, 0.15) is 0 Å². The molecule has 0 saturated carbocycles. The van der Waals surface area contributed by atoms with E-state index in [-0.39, 0.29) is 10.6 Å². The van der Waals surface area contributed by atoms with Crippen LogP contribution in [0.1, 0.15) is 19.3 Å². The molecular weight excluding hydrogens is 364 g/mol. The molecule has 10 heteroatoms. The molecule has 8 nitrogen and oxygen atoms in total. The molecule has 1 aliphatic heterocycles. The average molecular weight is 380 g/mol. The summed E-state index contributed by atoms with van der Waals surface area (Å²) in [6.45, 7) is 0.898. The minimum Gasteiger partial charge on any atom is -0.258 e. The maximum Gasteiger partial charge on any atom is 0.284 e. The number of piperidine rings is 1. The molecule has 0 amide bonds. The zero-order chi connectivity index (χ0) is 17.9. The highest BCUT2D eigenvalue weighted by molar-refractivity contribution is 7.99. The molecule has 0 spiro atoms. The van der Waals surface area contributed by atoms with Gasteiger partial charge in [-0.2, -0.15) is 4.31 Å². The Morgan fingerprint density at radius 3 is 2.44 bits per heavy atom. The molecule has 0 unspecified atom stereocenters. The minimum absolute atomic E-state index is 0.0561. The summed E-state index contributed by atoms with van der Waals surface area (Å²) in [4.78, 5) is 19.1. The third-order valence-electron chi connectivity index (χ3n) is 3.82. The Balaban J connectivity index is 1.95. The molecule has 0 radical (unpaired) electrons. The molecule has 25 heavy (non-hydrogen) atoms. The van der Waals surface area contributed by atoms with Gasteiger partial charge >= 0.3 is 0 Å². The van der Waals surface area contributed by atoms with E-state index in [4.69, 9.17) is 0 Å². The van der Waals surface area contributed by atoms with Gasteiger partial charge in [-0.25, -0.2) is 18.4 Å². The Morgan fingerprint density at radius 2 is 1.80 bits per heavy atom. The van der Waals surface area contributed by atoms with Crippen LogP contribution in [0.25, 0.3) is 0 Å². The van der Waals surface area contributed by atoms with Crippen LogP contribution in [0.3, 0.4) is 0 Å². The molecular formula is C15H16N4O4S2. The summed E-state index contributed by atoms with van der Waals surface area (Å²) in [5, 5.41) is 11.8. The Hall–Kier alpha value is -2.04. The van der Waals surface area contributed by atoms with Crippen LogP contribution in [0, 0.1) is 10.1 Å². The van der Waals surface area contributed by atoms with Gasteiger partial charge in [-0.1, -0.05) is 6.42 Å². The van der Waals surface area contributed by atoms with Crippen molar-refractivity contribution in [3.05, 3.63) is 46.8 Å². The van der Waals surface area contributed by atoms with Crippen molar-refractivity contribution in [2.24, 2.45) is 0 Å². The molecule has 0 bridgehead atoms. The molecule has 0 N–H and O–H groups in total. The SMILES string of the molecule is O=[N+]([O-])c1cc(S(=O)(=O)N2CCCCC2)ccc1Sc1ncccn1. The number of nitro groups is 1. The lowest BCUT2D eigenvalue weighted by Crippen LogP contribution is -2.35. The van der Waals surface area contributed by atoms with Crippen molar-refractivity contribution < 1.29 is 13.3 Å². The molecule has 1 aromatic carbocycles. The molecule has 0 atom stereocenters. The quantitative estimate of drug-likeness (QED) is 0.446. The van der Waals surface area contributed by atoms with E-state index in [1.165, 1.54) is 28.8 Å². The number of aromatic nitrogens is 2. The third-order valence-corrected chi connectivity index (χ3v) is 6.68. The molecule has 1 aliphatic rings. The first-order valence-electron chi connectivity index (χ1n) is 7.72. The topological polar surface area (TPSA) is 106 Å². The van der Waals surface area contributed by atoms with Crippen LogP contribution in [0.4, 0.5) is 5.69 Å². The van der Waals surface area contributed by atoms with Gasteiger partial charge in [-0.3, -0.25) is 10.1 Å². The fraction of sp³-hybridized carbons (Fsp3) is 0.333. The van der Waals surface area contributed by atoms with Gasteiger partial charge in [0.15, 0.2) is 5.16 Å². The summed E-state index contributed by atoms with van der Waals surface area (Å²) in [5.74, 6) is 0. The van der Waals surface area contributed by atoms with Crippen LogP contribution in [-0.2, 0) is 10.0 Å². The second-order valence-corrected chi connectivity index (χ2v) is 8.43. The number of hydrogen-bond donors (Lipinski definition) is 0. The first kappa shape index (κ1) is 17.8. The van der Waals surface area contributed by atoms with Crippen molar-refractivity contribution in [2.45, 2.75) is 34.2 Å². The van der Waals surface area contributed by atoms with Crippen LogP contribution in [0.5, 0.6) is 0 Å². The smallest absolute Gasteiger partial charge is 0.258 e. The number of benzene rings is 1. The van der Waals surface area contributed by atoms with E-state index in [9.17, 15) is 18.5 Å². The lowest BCUT2D eigenvalue weighted by molar-refractivity contribution is -0.388. The highest BCUT2D eigenvalue weighted by atomic mass is 32.2. The number of nitrogens with zero attached hydrogens (tertiary/aromatic N) is 4. The molecule has 2 heterocycles. The van der Waals surface area contributed by atoms with E-state index >= 15 is 0 Å². The van der Waals surface area contributed by atoms with E-state index in [2.05, 4.69) is 9.97 Å². The summed E-state index contributed by atoms with van der Waals surface area (Å²) in [7, 11) is -3.72. The summed E-state index contributed by atoms with van der Waals surface area (Å²) >= 11 is 1.03. The van der Waals surface area contributed by atoms with Crippen LogP contribution in [0.15, 0.2) is 51.6 Å². The van der Waals surface area contributed by atoms with Crippen LogP contribution >= 0.6 is 11.8 Å². The molecule has 0 aliphatic carbocycles. The lowest BCUT2D eigenvalue weighted by atomic mass is 10.2. The molecule has 1 aromatic heterocycles. The van der Waals surface area contributed by atoms with E-state index in [0.717, 1.165) is 37.1 Å². The summed E-state index contributed by atoms with van der Waals surface area (Å²) in [6.07, 6.45) is 5.69. The molecule has 3 rings (SSSR count). The molecule has 1 saturated heterocycles. The van der Waals surface area contributed by atoms with Crippen LogP contribution in [-0.4, -0.2) is 40.7 Å². The van der Waals surface area contributed by atoms with Gasteiger partial charge in [-0.15, -0.1) is 0 Å². The molecule has 1 fully saturated rings. The summed E-state index contributed by atoms with van der Waals surface area (Å²) in [6, 6.07) is 5.61. The Labute approximate surface area is 149 Å². The maximum atomic E-state index is 12.7. The predicted octanol–water partition coefficient (Wildman–Crippen LogP) is 2.71. The fourth-order valence-electron chi connectivity index (χ4n) is 2.58. The van der Waals surface area contributed by atoms with Gasteiger partial charge < -0.3 is 0 Å². The second-order valence-electron chi connectivity index (χ2n) is 5.48. The van der Waals surface area contributed by atoms with Crippen molar-refractivity contribution in [1.29, 1.82) is 0 Å². The van der Waals surface area contributed by atoms with Gasteiger partial charge in [0.25, 0.3) is 5.69 Å². The largest absolute Gasteiger partial charge is 0.284 e. The highest BCUT2D eigenvalue weighted by Gasteiger charge is 2.28.